The van der Waals surface area contributed by atoms with Crippen molar-refractivity contribution in [3.05, 3.63) is 50.6 Å². The van der Waals surface area contributed by atoms with E-state index in [2.05, 4.69) is 0 Å². The first-order valence-corrected chi connectivity index (χ1v) is 12.5. The molecule has 3 aromatic rings. The van der Waals surface area contributed by atoms with E-state index in [1.54, 1.807) is 26.8 Å². The molecule has 200 valence electrons. The van der Waals surface area contributed by atoms with Crippen LogP contribution in [0.2, 0.25) is 0 Å². The first kappa shape index (κ1) is 26.9. The van der Waals surface area contributed by atoms with Crippen molar-refractivity contribution in [3.8, 4) is 28.7 Å². The van der Waals surface area contributed by atoms with Crippen LogP contribution in [0.25, 0.3) is 22.1 Å². The van der Waals surface area contributed by atoms with Crippen LogP contribution in [0.15, 0.2) is 6.07 Å². The fourth-order valence-electron chi connectivity index (χ4n) is 6.00. The Hall–Kier alpha value is -4.20. The lowest BCUT2D eigenvalue weighted by molar-refractivity contribution is 0.111. The smallest absolute Gasteiger partial charge is 0.169 e. The number of hydrogen-bond acceptors (Lipinski definition) is 8. The lowest BCUT2D eigenvalue weighted by atomic mass is 9.73. The third-order valence-corrected chi connectivity index (χ3v) is 7.58. The van der Waals surface area contributed by atoms with Crippen LogP contribution in [0.5, 0.6) is 28.7 Å². The molecule has 0 heterocycles. The van der Waals surface area contributed by atoms with Crippen molar-refractivity contribution in [2.75, 3.05) is 0 Å². The van der Waals surface area contributed by atoms with Crippen molar-refractivity contribution in [1.82, 2.24) is 0 Å². The van der Waals surface area contributed by atoms with Crippen molar-refractivity contribution >= 4 is 34.7 Å². The number of fused-ring (bicyclic) bond motifs is 2. The van der Waals surface area contributed by atoms with Crippen LogP contribution in [0, 0.1) is 12.8 Å². The second-order valence-electron chi connectivity index (χ2n) is 10.7. The minimum absolute atomic E-state index is 0.0323. The highest BCUT2D eigenvalue weighted by molar-refractivity contribution is 6.11. The molecule has 0 saturated carbocycles. The van der Waals surface area contributed by atoms with Gasteiger partial charge in [0.1, 0.15) is 11.5 Å². The van der Waals surface area contributed by atoms with Crippen LogP contribution >= 0.6 is 0 Å². The molecular formula is C30H32O8. The maximum Gasteiger partial charge on any atom is 0.169 e. The molecule has 0 bridgehead atoms. The second kappa shape index (κ2) is 9.28. The summed E-state index contributed by atoms with van der Waals surface area (Å²) in [5.41, 5.74) is 1.86. The van der Waals surface area contributed by atoms with Gasteiger partial charge in [0.05, 0.1) is 11.1 Å². The van der Waals surface area contributed by atoms with Gasteiger partial charge in [-0.05, 0) is 47.6 Å². The number of aryl methyl sites for hydroxylation is 1. The van der Waals surface area contributed by atoms with Gasteiger partial charge in [-0.3, -0.25) is 9.59 Å². The number of carbonyl (C=O) groups excluding carboxylic acids is 2. The first-order valence-electron chi connectivity index (χ1n) is 12.5. The predicted molar refractivity (Wildman–Crippen MR) is 145 cm³/mol. The SMILES string of the molecule is Cc1cc2c(C(C)C)c(O)c(O)c(C=O)c2c(O)c1C1=C(O)c2c(C=O)c(O)c(O)c(C(C)C)c2CC1C. The summed E-state index contributed by atoms with van der Waals surface area (Å²) in [5.74, 6) is -3.72. The normalized spacial score (nSPS) is 15.4. The zero-order valence-electron chi connectivity index (χ0n) is 22.2. The lowest BCUT2D eigenvalue weighted by Crippen LogP contribution is -2.18. The van der Waals surface area contributed by atoms with Gasteiger partial charge in [-0.25, -0.2) is 0 Å². The molecule has 0 amide bonds. The summed E-state index contributed by atoms with van der Waals surface area (Å²) in [6, 6.07) is 1.68. The molecule has 8 nitrogen and oxygen atoms in total. The second-order valence-corrected chi connectivity index (χ2v) is 10.7. The molecule has 4 rings (SSSR count). The topological polar surface area (TPSA) is 156 Å². The van der Waals surface area contributed by atoms with Gasteiger partial charge in [0.25, 0.3) is 0 Å². The largest absolute Gasteiger partial charge is 0.507 e. The van der Waals surface area contributed by atoms with Crippen molar-refractivity contribution < 1.29 is 40.2 Å². The predicted octanol–water partition coefficient (Wildman–Crippen LogP) is 6.17. The van der Waals surface area contributed by atoms with Gasteiger partial charge in [-0.2, -0.15) is 0 Å². The monoisotopic (exact) mass is 520 g/mol. The molecule has 0 saturated heterocycles. The number of aromatic hydroxyl groups is 5. The Bertz CT molecular complexity index is 1560. The molecule has 1 unspecified atom stereocenters. The van der Waals surface area contributed by atoms with Crippen LogP contribution in [0.1, 0.15) is 101 Å². The molecule has 3 aromatic carbocycles. The van der Waals surface area contributed by atoms with Gasteiger partial charge in [-0.15, -0.1) is 0 Å². The Morgan fingerprint density at radius 2 is 1.29 bits per heavy atom. The minimum Gasteiger partial charge on any atom is -0.507 e. The molecule has 0 fully saturated rings. The van der Waals surface area contributed by atoms with Crippen molar-refractivity contribution in [2.45, 2.75) is 59.8 Å². The molecule has 8 heteroatoms. The number of aliphatic hydroxyl groups is 1. The molecule has 1 aliphatic rings. The Labute approximate surface area is 220 Å². The van der Waals surface area contributed by atoms with E-state index in [1.165, 1.54) is 0 Å². The van der Waals surface area contributed by atoms with E-state index in [-0.39, 0.29) is 63.0 Å². The standard InChI is InChI=1S/C30H32O8/c1-11(2)19-15-7-13(5)21(27(35)23(15)17(9-31)25(33)29(19)37)22-14(6)8-16-20(12(3)4)30(38)26(34)18(10-32)24(16)28(22)36/h7,9-12,14,33-38H,8H2,1-6H3. The third-order valence-electron chi connectivity index (χ3n) is 7.58. The van der Waals surface area contributed by atoms with Crippen molar-refractivity contribution in [3.63, 3.8) is 0 Å². The Morgan fingerprint density at radius 1 is 0.763 bits per heavy atom. The molecule has 1 aliphatic carbocycles. The number of phenols is 5. The lowest BCUT2D eigenvalue weighted by Gasteiger charge is -2.31. The number of phenolic OH excluding ortho intramolecular Hbond substituents is 5. The summed E-state index contributed by atoms with van der Waals surface area (Å²) < 4.78 is 0. The van der Waals surface area contributed by atoms with Gasteiger partial charge in [-0.1, -0.05) is 40.7 Å². The van der Waals surface area contributed by atoms with Gasteiger partial charge < -0.3 is 30.6 Å². The zero-order chi connectivity index (χ0) is 28.4. The van der Waals surface area contributed by atoms with Crippen LogP contribution in [-0.4, -0.2) is 43.2 Å². The van der Waals surface area contributed by atoms with E-state index < -0.39 is 28.9 Å². The number of allylic oxidation sites excluding steroid dienone is 1. The average Bonchev–Trinajstić information content (AvgIpc) is 2.83. The molecule has 6 N–H and O–H groups in total. The molecule has 0 aliphatic heterocycles. The van der Waals surface area contributed by atoms with E-state index in [4.69, 9.17) is 0 Å². The molecule has 0 spiro atoms. The summed E-state index contributed by atoms with van der Waals surface area (Å²) in [6.45, 7) is 10.8. The number of aldehydes is 2. The summed E-state index contributed by atoms with van der Waals surface area (Å²) in [5, 5.41) is 66.2. The molecule has 1 atom stereocenters. The highest BCUT2D eigenvalue weighted by Gasteiger charge is 2.36. The van der Waals surface area contributed by atoms with Gasteiger partial charge in [0, 0.05) is 33.2 Å². The first-order chi connectivity index (χ1) is 17.8. The van der Waals surface area contributed by atoms with Crippen LogP contribution < -0.4 is 0 Å². The van der Waals surface area contributed by atoms with Crippen molar-refractivity contribution in [2.24, 2.45) is 5.92 Å². The molecule has 0 aromatic heterocycles. The molecule has 0 radical (unpaired) electrons. The van der Waals surface area contributed by atoms with Gasteiger partial charge in [0.2, 0.25) is 0 Å². The van der Waals surface area contributed by atoms with Crippen LogP contribution in [0.3, 0.4) is 0 Å². The Morgan fingerprint density at radius 3 is 1.82 bits per heavy atom. The minimum atomic E-state index is -0.647. The van der Waals surface area contributed by atoms with Crippen LogP contribution in [0.4, 0.5) is 0 Å². The summed E-state index contributed by atoms with van der Waals surface area (Å²) in [4.78, 5) is 24.0. The highest BCUT2D eigenvalue weighted by atomic mass is 16.3. The third kappa shape index (κ3) is 3.58. The fourth-order valence-corrected chi connectivity index (χ4v) is 6.00. The highest BCUT2D eigenvalue weighted by Crippen LogP contribution is 2.53. The number of aliphatic hydroxyl groups excluding tert-OH is 1. The quantitative estimate of drug-likeness (QED) is 0.172. The van der Waals surface area contributed by atoms with E-state index in [1.807, 2.05) is 20.8 Å². The summed E-state index contributed by atoms with van der Waals surface area (Å²) >= 11 is 0. The van der Waals surface area contributed by atoms with E-state index in [0.29, 0.717) is 40.2 Å². The fraction of sp³-hybridized carbons (Fsp3) is 0.333. The van der Waals surface area contributed by atoms with Crippen molar-refractivity contribution in [1.29, 1.82) is 0 Å². The maximum absolute atomic E-state index is 12.0. The number of benzene rings is 3. The Balaban J connectivity index is 2.20. The van der Waals surface area contributed by atoms with Gasteiger partial charge >= 0.3 is 0 Å². The van der Waals surface area contributed by atoms with Crippen LogP contribution in [-0.2, 0) is 6.42 Å². The number of carbonyl (C=O) groups is 2. The van der Waals surface area contributed by atoms with Gasteiger partial charge in [0.15, 0.2) is 35.6 Å². The molecule has 38 heavy (non-hydrogen) atoms. The Kier molecular flexibility index (Phi) is 6.55. The summed E-state index contributed by atoms with van der Waals surface area (Å²) in [6.07, 6.45) is 1.01. The zero-order valence-corrected chi connectivity index (χ0v) is 22.2. The maximum atomic E-state index is 12.0. The molecular weight excluding hydrogens is 488 g/mol. The number of rotatable bonds is 5. The van der Waals surface area contributed by atoms with E-state index in [9.17, 15) is 40.2 Å². The average molecular weight is 521 g/mol. The number of hydrogen-bond donors (Lipinski definition) is 6. The van der Waals surface area contributed by atoms with E-state index in [0.717, 1.165) is 0 Å². The summed E-state index contributed by atoms with van der Waals surface area (Å²) in [7, 11) is 0. The van der Waals surface area contributed by atoms with E-state index >= 15 is 0 Å².